The lowest BCUT2D eigenvalue weighted by atomic mass is 10.0. The van der Waals surface area contributed by atoms with Crippen molar-refractivity contribution in [3.63, 3.8) is 0 Å². The van der Waals surface area contributed by atoms with E-state index < -0.39 is 5.63 Å². The summed E-state index contributed by atoms with van der Waals surface area (Å²) >= 11 is 5.05. The van der Waals surface area contributed by atoms with Crippen LogP contribution in [0.2, 0.25) is 0 Å². The fraction of sp³-hybridized carbons (Fsp3) is 0.0417. The van der Waals surface area contributed by atoms with Crippen LogP contribution in [-0.4, -0.2) is 18.2 Å². The molecule has 0 radical (unpaired) electrons. The van der Waals surface area contributed by atoms with Crippen LogP contribution in [0.1, 0.15) is 10.4 Å². The number of benzene rings is 3. The van der Waals surface area contributed by atoms with Crippen molar-refractivity contribution < 1.29 is 18.8 Å². The van der Waals surface area contributed by atoms with Crippen LogP contribution in [0.25, 0.3) is 22.1 Å². The first-order valence-electron chi connectivity index (χ1n) is 9.59. The van der Waals surface area contributed by atoms with E-state index in [2.05, 4.69) is 10.8 Å². The van der Waals surface area contributed by atoms with Crippen LogP contribution < -0.4 is 21.2 Å². The fourth-order valence-electron chi connectivity index (χ4n) is 3.11. The summed E-state index contributed by atoms with van der Waals surface area (Å²) in [7, 11) is 1.50. The van der Waals surface area contributed by atoms with E-state index in [0.717, 1.165) is 5.39 Å². The number of carbonyl (C=O) groups is 1. The summed E-state index contributed by atoms with van der Waals surface area (Å²) in [5, 5.41) is 3.14. The molecule has 1 amide bonds. The first-order chi connectivity index (χ1) is 15.5. The Morgan fingerprint density at radius 3 is 2.47 bits per heavy atom. The van der Waals surface area contributed by atoms with Crippen LogP contribution >= 0.6 is 12.2 Å². The van der Waals surface area contributed by atoms with Gasteiger partial charge in [0.1, 0.15) is 11.3 Å². The van der Waals surface area contributed by atoms with Crippen LogP contribution in [0.5, 0.6) is 5.75 Å². The number of hydrogen-bond acceptors (Lipinski definition) is 7. The lowest BCUT2D eigenvalue weighted by Gasteiger charge is -2.13. The number of nitrogens with one attached hydrogen (secondary N) is 2. The van der Waals surface area contributed by atoms with Crippen LogP contribution in [-0.2, 0) is 4.84 Å². The van der Waals surface area contributed by atoms with Crippen molar-refractivity contribution in [2.45, 2.75) is 0 Å². The van der Waals surface area contributed by atoms with Gasteiger partial charge in [-0.1, -0.05) is 36.4 Å². The molecule has 8 heteroatoms. The second kappa shape index (κ2) is 9.32. The van der Waals surface area contributed by atoms with E-state index in [-0.39, 0.29) is 11.1 Å². The number of carbonyl (C=O) groups excluding carboxylic acids is 1. The zero-order chi connectivity index (χ0) is 22.5. The summed E-state index contributed by atoms with van der Waals surface area (Å²) in [6, 6.07) is 22.7. The maximum Gasteiger partial charge on any atom is 0.344 e. The van der Waals surface area contributed by atoms with Crippen molar-refractivity contribution in [1.29, 1.82) is 0 Å². The van der Waals surface area contributed by atoms with Crippen LogP contribution in [0.3, 0.4) is 0 Å². The Morgan fingerprint density at radius 2 is 1.69 bits per heavy atom. The Hall–Kier alpha value is -4.17. The zero-order valence-electron chi connectivity index (χ0n) is 17.0. The first kappa shape index (κ1) is 21.1. The zero-order valence-corrected chi connectivity index (χ0v) is 17.8. The van der Waals surface area contributed by atoms with Crippen LogP contribution in [0, 0.1) is 0 Å². The molecular weight excluding hydrogens is 428 g/mol. The first-order valence-corrected chi connectivity index (χ1v) is 10.0. The molecule has 0 bridgehead atoms. The van der Waals surface area contributed by atoms with E-state index in [4.69, 9.17) is 26.2 Å². The van der Waals surface area contributed by atoms with Gasteiger partial charge in [-0.05, 0) is 48.6 Å². The third kappa shape index (κ3) is 4.60. The van der Waals surface area contributed by atoms with Gasteiger partial charge in [0.25, 0.3) is 11.1 Å². The highest BCUT2D eigenvalue weighted by atomic mass is 32.1. The highest BCUT2D eigenvalue weighted by molar-refractivity contribution is 7.80. The predicted molar refractivity (Wildman–Crippen MR) is 126 cm³/mol. The molecule has 7 nitrogen and oxygen atoms in total. The molecule has 3 aromatic carbocycles. The lowest BCUT2D eigenvalue weighted by molar-refractivity contribution is 0.0970. The number of ether oxygens (including phenoxy) is 1. The van der Waals surface area contributed by atoms with Crippen molar-refractivity contribution in [1.82, 2.24) is 5.32 Å². The number of fused-ring (bicyclic) bond motifs is 1. The predicted octanol–water partition coefficient (Wildman–Crippen LogP) is 4.53. The molecule has 2 N–H and O–H groups in total. The third-order valence-corrected chi connectivity index (χ3v) is 4.83. The quantitative estimate of drug-likeness (QED) is 0.265. The van der Waals surface area contributed by atoms with Gasteiger partial charge >= 0.3 is 5.63 Å². The van der Waals surface area contributed by atoms with E-state index >= 15 is 0 Å². The molecule has 0 unspecified atom stereocenters. The Balaban J connectivity index is 1.49. The summed E-state index contributed by atoms with van der Waals surface area (Å²) in [6.45, 7) is 0. The lowest BCUT2D eigenvalue weighted by Crippen LogP contribution is -2.32. The summed E-state index contributed by atoms with van der Waals surface area (Å²) < 4.78 is 10.9. The highest BCUT2D eigenvalue weighted by Gasteiger charge is 2.14. The van der Waals surface area contributed by atoms with Gasteiger partial charge < -0.3 is 14.0 Å². The van der Waals surface area contributed by atoms with Gasteiger partial charge in [0.15, 0.2) is 0 Å². The monoisotopic (exact) mass is 446 g/mol. The van der Waals surface area contributed by atoms with Gasteiger partial charge in [-0.15, -0.1) is 0 Å². The second-order valence-electron chi connectivity index (χ2n) is 6.71. The molecule has 160 valence electrons. The van der Waals surface area contributed by atoms with E-state index in [0.29, 0.717) is 33.7 Å². The molecule has 32 heavy (non-hydrogen) atoms. The second-order valence-corrected chi connectivity index (χ2v) is 7.08. The number of methoxy groups -OCH3 is 1. The molecule has 0 fully saturated rings. The molecule has 0 saturated carbocycles. The minimum Gasteiger partial charge on any atom is -0.496 e. The van der Waals surface area contributed by atoms with Crippen molar-refractivity contribution in [2.24, 2.45) is 0 Å². The van der Waals surface area contributed by atoms with Gasteiger partial charge in [-0.2, -0.15) is 0 Å². The summed E-state index contributed by atoms with van der Waals surface area (Å²) in [6.07, 6.45) is 0. The van der Waals surface area contributed by atoms with Crippen molar-refractivity contribution >= 4 is 40.0 Å². The molecule has 1 aromatic heterocycles. The molecule has 0 atom stereocenters. The van der Waals surface area contributed by atoms with E-state index in [1.165, 1.54) is 7.11 Å². The summed E-state index contributed by atoms with van der Waals surface area (Å²) in [5.41, 5.74) is 4.61. The minimum atomic E-state index is -0.469. The van der Waals surface area contributed by atoms with Gasteiger partial charge in [0.2, 0.25) is 0 Å². The highest BCUT2D eigenvalue weighted by Crippen LogP contribution is 2.32. The molecule has 4 aromatic rings. The van der Waals surface area contributed by atoms with Crippen molar-refractivity contribution in [3.05, 3.63) is 94.8 Å². The van der Waals surface area contributed by atoms with Crippen LogP contribution in [0.15, 0.2) is 88.1 Å². The maximum absolute atomic E-state index is 12.5. The molecule has 4 rings (SSSR count). The minimum absolute atomic E-state index is 0.142. The molecule has 0 aliphatic rings. The topological polar surface area (TPSA) is 89.8 Å². The average molecular weight is 446 g/mol. The standard InChI is InChI=1S/C24H18N2O5S/c1-29-21-14-17(26-31-24(32)25-22(27)15-7-3-2-4-8-15)11-12-18(21)19-13-16-9-5-6-10-20(16)30-23(19)28/h2-14,26H,1H3,(H,25,27,32). The molecule has 1 heterocycles. The van der Waals surface area contributed by atoms with Gasteiger partial charge in [0, 0.05) is 22.6 Å². The maximum atomic E-state index is 12.5. The summed E-state index contributed by atoms with van der Waals surface area (Å²) in [5.74, 6) is 0.0498. The van der Waals surface area contributed by atoms with Crippen molar-refractivity contribution in [3.8, 4) is 16.9 Å². The van der Waals surface area contributed by atoms with Gasteiger partial charge in [-0.25, -0.2) is 10.3 Å². The number of thiocarbonyl (C=S) groups is 1. The van der Waals surface area contributed by atoms with E-state index in [1.54, 1.807) is 60.7 Å². The number of para-hydroxylation sites is 1. The van der Waals surface area contributed by atoms with Gasteiger partial charge in [-0.3, -0.25) is 10.1 Å². The number of anilines is 1. The molecule has 0 saturated heterocycles. The fourth-order valence-corrected chi connectivity index (χ4v) is 3.25. The molecule has 0 spiro atoms. The van der Waals surface area contributed by atoms with E-state index in [1.807, 2.05) is 18.2 Å². The molecular formula is C24H18N2O5S. The molecule has 0 aliphatic carbocycles. The smallest absolute Gasteiger partial charge is 0.344 e. The molecule has 0 aliphatic heterocycles. The Labute approximate surface area is 188 Å². The number of hydrogen-bond donors (Lipinski definition) is 2. The SMILES string of the molecule is COc1cc(NOC(=S)NC(=O)c2ccccc2)ccc1-c1cc2ccccc2oc1=O. The van der Waals surface area contributed by atoms with Crippen LogP contribution in [0.4, 0.5) is 5.69 Å². The third-order valence-electron chi connectivity index (χ3n) is 4.65. The summed E-state index contributed by atoms with van der Waals surface area (Å²) in [4.78, 5) is 29.9. The van der Waals surface area contributed by atoms with Gasteiger partial charge in [0.05, 0.1) is 18.4 Å². The Kier molecular flexibility index (Phi) is 6.14. The largest absolute Gasteiger partial charge is 0.496 e. The Bertz CT molecular complexity index is 1350. The van der Waals surface area contributed by atoms with Crippen molar-refractivity contribution in [2.75, 3.05) is 12.6 Å². The number of amides is 1. The Morgan fingerprint density at radius 1 is 0.938 bits per heavy atom. The van der Waals surface area contributed by atoms with E-state index in [9.17, 15) is 9.59 Å². The normalized spacial score (nSPS) is 10.4. The number of rotatable bonds is 5. The average Bonchev–Trinajstić information content (AvgIpc) is 2.82.